The number of benzene rings is 1. The Morgan fingerprint density at radius 2 is 2.11 bits per heavy atom. The number of halogens is 1. The molecule has 18 heavy (non-hydrogen) atoms. The molecule has 0 aliphatic rings. The second-order valence-electron chi connectivity index (χ2n) is 4.02. The van der Waals surface area contributed by atoms with Crippen molar-refractivity contribution >= 4 is 0 Å². The zero-order valence-corrected chi connectivity index (χ0v) is 10.8. The Hall–Kier alpha value is -1.53. The molecule has 0 aliphatic heterocycles. The van der Waals surface area contributed by atoms with Crippen LogP contribution in [0.5, 0.6) is 5.75 Å². The lowest BCUT2D eigenvalue weighted by Gasteiger charge is -2.09. The molecule has 0 heterocycles. The highest BCUT2D eigenvalue weighted by molar-refractivity contribution is 5.30. The van der Waals surface area contributed by atoms with Crippen LogP contribution in [0.15, 0.2) is 18.2 Å². The Morgan fingerprint density at radius 1 is 1.28 bits per heavy atom. The zero-order valence-electron chi connectivity index (χ0n) is 10.8. The van der Waals surface area contributed by atoms with Gasteiger partial charge in [0.2, 0.25) is 0 Å². The van der Waals surface area contributed by atoms with Gasteiger partial charge in [-0.3, -0.25) is 0 Å². The van der Waals surface area contributed by atoms with Crippen LogP contribution in [0.2, 0.25) is 0 Å². The first kappa shape index (κ1) is 14.5. The van der Waals surface area contributed by atoms with Gasteiger partial charge in [0.1, 0.15) is 0 Å². The Morgan fingerprint density at radius 3 is 2.83 bits per heavy atom. The van der Waals surface area contributed by atoms with Crippen molar-refractivity contribution in [1.29, 1.82) is 0 Å². The average Bonchev–Trinajstić information content (AvgIpc) is 2.39. The fraction of sp³-hybridized carbons (Fsp3) is 0.467. The third kappa shape index (κ3) is 4.77. The van der Waals surface area contributed by atoms with Gasteiger partial charge in [0, 0.05) is 18.5 Å². The normalized spacial score (nSPS) is 9.72. The van der Waals surface area contributed by atoms with Crippen molar-refractivity contribution in [3.8, 4) is 17.6 Å². The van der Waals surface area contributed by atoms with E-state index in [9.17, 15) is 4.39 Å². The van der Waals surface area contributed by atoms with Crippen molar-refractivity contribution in [1.82, 2.24) is 0 Å². The fourth-order valence-corrected chi connectivity index (χ4v) is 1.62. The van der Waals surface area contributed by atoms with Crippen LogP contribution < -0.4 is 10.5 Å². The Kier molecular flexibility index (Phi) is 6.90. The second-order valence-corrected chi connectivity index (χ2v) is 4.02. The van der Waals surface area contributed by atoms with Gasteiger partial charge >= 0.3 is 0 Å². The molecule has 0 amide bonds. The van der Waals surface area contributed by atoms with Crippen LogP contribution in [0.1, 0.15) is 38.2 Å². The van der Waals surface area contributed by atoms with Crippen molar-refractivity contribution in [3.63, 3.8) is 0 Å². The highest BCUT2D eigenvalue weighted by Crippen LogP contribution is 2.20. The van der Waals surface area contributed by atoms with E-state index in [2.05, 4.69) is 11.8 Å². The molecule has 0 aliphatic carbocycles. The van der Waals surface area contributed by atoms with Crippen molar-refractivity contribution < 1.29 is 9.13 Å². The predicted octanol–water partition coefficient (Wildman–Crippen LogP) is 3.25. The molecule has 0 atom stereocenters. The van der Waals surface area contributed by atoms with Crippen LogP contribution in [-0.2, 0) is 6.54 Å². The number of nitrogens with two attached hydrogens (primary N) is 1. The SMILES string of the molecule is CC#CCCCCCOc1cccc(CN)c1F. The summed E-state index contributed by atoms with van der Waals surface area (Å²) in [5.74, 6) is 5.84. The Labute approximate surface area is 108 Å². The number of hydrogen-bond donors (Lipinski definition) is 1. The summed E-state index contributed by atoms with van der Waals surface area (Å²) >= 11 is 0. The summed E-state index contributed by atoms with van der Waals surface area (Å²) in [6.45, 7) is 2.57. The molecule has 0 radical (unpaired) electrons. The summed E-state index contributed by atoms with van der Waals surface area (Å²) in [4.78, 5) is 0. The summed E-state index contributed by atoms with van der Waals surface area (Å²) < 4.78 is 19.1. The number of rotatable bonds is 7. The molecule has 0 unspecified atom stereocenters. The Bertz CT molecular complexity index is 420. The summed E-state index contributed by atoms with van der Waals surface area (Å²) in [7, 11) is 0. The van der Waals surface area contributed by atoms with E-state index < -0.39 is 0 Å². The first-order valence-corrected chi connectivity index (χ1v) is 6.29. The van der Waals surface area contributed by atoms with Crippen LogP contribution in [-0.4, -0.2) is 6.61 Å². The summed E-state index contributed by atoms with van der Waals surface area (Å²) in [5.41, 5.74) is 5.93. The maximum absolute atomic E-state index is 13.7. The van der Waals surface area contributed by atoms with Crippen LogP contribution >= 0.6 is 0 Å². The molecule has 0 saturated heterocycles. The minimum Gasteiger partial charge on any atom is -0.491 e. The summed E-state index contributed by atoms with van der Waals surface area (Å²) in [5, 5.41) is 0. The second kappa shape index (κ2) is 8.54. The lowest BCUT2D eigenvalue weighted by Crippen LogP contribution is -2.04. The van der Waals surface area contributed by atoms with E-state index in [4.69, 9.17) is 10.5 Å². The molecular formula is C15H20FNO. The molecule has 1 rings (SSSR count). The van der Waals surface area contributed by atoms with Gasteiger partial charge in [-0.1, -0.05) is 12.1 Å². The van der Waals surface area contributed by atoms with E-state index >= 15 is 0 Å². The van der Waals surface area contributed by atoms with Gasteiger partial charge in [-0.25, -0.2) is 4.39 Å². The molecule has 0 fully saturated rings. The number of hydrogen-bond acceptors (Lipinski definition) is 2. The monoisotopic (exact) mass is 249 g/mol. The largest absolute Gasteiger partial charge is 0.491 e. The van der Waals surface area contributed by atoms with Gasteiger partial charge in [-0.2, -0.15) is 0 Å². The van der Waals surface area contributed by atoms with Crippen LogP contribution in [0.4, 0.5) is 4.39 Å². The third-order valence-corrected chi connectivity index (χ3v) is 2.64. The van der Waals surface area contributed by atoms with Crippen molar-refractivity contribution in [2.75, 3.05) is 6.61 Å². The lowest BCUT2D eigenvalue weighted by molar-refractivity contribution is 0.290. The first-order chi connectivity index (χ1) is 8.79. The maximum Gasteiger partial charge on any atom is 0.169 e. The predicted molar refractivity (Wildman–Crippen MR) is 71.7 cm³/mol. The summed E-state index contributed by atoms with van der Waals surface area (Å²) in [6.07, 6.45) is 3.95. The molecule has 98 valence electrons. The van der Waals surface area contributed by atoms with Gasteiger partial charge < -0.3 is 10.5 Å². The van der Waals surface area contributed by atoms with E-state index in [1.54, 1.807) is 18.2 Å². The van der Waals surface area contributed by atoms with Crippen molar-refractivity contribution in [2.24, 2.45) is 5.73 Å². The third-order valence-electron chi connectivity index (χ3n) is 2.64. The molecule has 0 bridgehead atoms. The van der Waals surface area contributed by atoms with E-state index in [1.165, 1.54) is 0 Å². The lowest BCUT2D eigenvalue weighted by atomic mass is 10.2. The topological polar surface area (TPSA) is 35.2 Å². The zero-order chi connectivity index (χ0) is 13.2. The molecule has 2 N–H and O–H groups in total. The average molecular weight is 249 g/mol. The van der Waals surface area contributed by atoms with Gasteiger partial charge in [0.15, 0.2) is 11.6 Å². The molecule has 1 aromatic rings. The van der Waals surface area contributed by atoms with E-state index in [0.29, 0.717) is 17.9 Å². The van der Waals surface area contributed by atoms with Crippen LogP contribution in [0.25, 0.3) is 0 Å². The number of ether oxygens (including phenoxy) is 1. The summed E-state index contributed by atoms with van der Waals surface area (Å²) in [6, 6.07) is 5.07. The van der Waals surface area contributed by atoms with E-state index in [0.717, 1.165) is 25.7 Å². The van der Waals surface area contributed by atoms with Crippen LogP contribution in [0.3, 0.4) is 0 Å². The molecule has 3 heteroatoms. The molecular weight excluding hydrogens is 229 g/mol. The molecule has 0 saturated carbocycles. The highest BCUT2D eigenvalue weighted by Gasteiger charge is 2.07. The fourth-order valence-electron chi connectivity index (χ4n) is 1.62. The smallest absolute Gasteiger partial charge is 0.169 e. The van der Waals surface area contributed by atoms with E-state index in [-0.39, 0.29) is 12.4 Å². The van der Waals surface area contributed by atoms with Gasteiger partial charge in [0.05, 0.1) is 6.61 Å². The molecule has 2 nitrogen and oxygen atoms in total. The first-order valence-electron chi connectivity index (χ1n) is 6.29. The maximum atomic E-state index is 13.7. The molecule has 1 aromatic carbocycles. The number of unbranched alkanes of at least 4 members (excludes halogenated alkanes) is 3. The Balaban J connectivity index is 2.28. The van der Waals surface area contributed by atoms with Gasteiger partial charge in [-0.05, 0) is 32.3 Å². The molecule has 0 aromatic heterocycles. The van der Waals surface area contributed by atoms with Gasteiger partial charge in [0.25, 0.3) is 0 Å². The minimum absolute atomic E-state index is 0.193. The van der Waals surface area contributed by atoms with Crippen molar-refractivity contribution in [2.45, 2.75) is 39.2 Å². The van der Waals surface area contributed by atoms with Gasteiger partial charge in [-0.15, -0.1) is 11.8 Å². The quantitative estimate of drug-likeness (QED) is 0.594. The minimum atomic E-state index is -0.336. The van der Waals surface area contributed by atoms with Crippen LogP contribution in [0, 0.1) is 17.7 Å². The van der Waals surface area contributed by atoms with Crippen molar-refractivity contribution in [3.05, 3.63) is 29.6 Å². The molecule has 0 spiro atoms. The highest BCUT2D eigenvalue weighted by atomic mass is 19.1. The van der Waals surface area contributed by atoms with E-state index in [1.807, 2.05) is 6.92 Å². The standard InChI is InChI=1S/C15H20FNO/c1-2-3-4-5-6-7-11-18-14-10-8-9-13(12-17)15(14)16/h8-10H,4-7,11-12,17H2,1H3.